The van der Waals surface area contributed by atoms with Crippen LogP contribution in [0.2, 0.25) is 0 Å². The van der Waals surface area contributed by atoms with Crippen LogP contribution in [0, 0.1) is 11.8 Å². The lowest BCUT2D eigenvalue weighted by atomic mass is 9.90. The molecule has 0 spiro atoms. The molecule has 0 bridgehead atoms. The van der Waals surface area contributed by atoms with Crippen molar-refractivity contribution in [2.45, 2.75) is 52.5 Å². The van der Waals surface area contributed by atoms with E-state index in [2.05, 4.69) is 31.0 Å². The Morgan fingerprint density at radius 3 is 2.50 bits per heavy atom. The van der Waals surface area contributed by atoms with E-state index in [1.54, 1.807) is 0 Å². The number of piperidine rings is 1. The number of nitrogens with zero attached hydrogens (tertiary/aromatic N) is 1. The first kappa shape index (κ1) is 15.9. The Balaban J connectivity index is 2.17. The van der Waals surface area contributed by atoms with E-state index in [4.69, 9.17) is 5.11 Å². The molecule has 0 saturated carbocycles. The molecule has 3 heteroatoms. The van der Waals surface area contributed by atoms with E-state index in [1.807, 2.05) is 0 Å². The van der Waals surface area contributed by atoms with E-state index < -0.39 is 0 Å². The van der Waals surface area contributed by atoms with Gasteiger partial charge in [-0.1, -0.05) is 13.8 Å². The molecule has 0 aromatic heterocycles. The Morgan fingerprint density at radius 2 is 1.94 bits per heavy atom. The van der Waals surface area contributed by atoms with E-state index in [-0.39, 0.29) is 0 Å². The fourth-order valence-corrected chi connectivity index (χ4v) is 2.87. The standard InChI is InChI=1S/C15H32N2O/c1-4-8-17-9-5-15(6-10-17)14(3)16-12-13(2)7-11-18/h13-16,18H,4-12H2,1-3H3. The monoisotopic (exact) mass is 256 g/mol. The molecular weight excluding hydrogens is 224 g/mol. The van der Waals surface area contributed by atoms with Gasteiger partial charge in [-0.25, -0.2) is 0 Å². The summed E-state index contributed by atoms with van der Waals surface area (Å²) in [6, 6.07) is 0.620. The lowest BCUT2D eigenvalue weighted by Gasteiger charge is -2.35. The van der Waals surface area contributed by atoms with Crippen LogP contribution in [0.3, 0.4) is 0 Å². The molecule has 1 aliphatic rings. The van der Waals surface area contributed by atoms with Gasteiger partial charge in [0.2, 0.25) is 0 Å². The van der Waals surface area contributed by atoms with Gasteiger partial charge in [-0.15, -0.1) is 0 Å². The largest absolute Gasteiger partial charge is 0.396 e. The van der Waals surface area contributed by atoms with Gasteiger partial charge in [0.25, 0.3) is 0 Å². The number of nitrogens with one attached hydrogen (secondary N) is 1. The van der Waals surface area contributed by atoms with Gasteiger partial charge in [0.05, 0.1) is 0 Å². The third-order valence-electron chi connectivity index (χ3n) is 4.29. The van der Waals surface area contributed by atoms with E-state index >= 15 is 0 Å². The lowest BCUT2D eigenvalue weighted by Crippen LogP contribution is -2.43. The van der Waals surface area contributed by atoms with Gasteiger partial charge in [0.1, 0.15) is 0 Å². The molecule has 1 rings (SSSR count). The minimum atomic E-state index is 0.312. The topological polar surface area (TPSA) is 35.5 Å². The van der Waals surface area contributed by atoms with Gasteiger partial charge in [-0.3, -0.25) is 0 Å². The first-order valence-electron chi connectivity index (χ1n) is 7.74. The Morgan fingerprint density at radius 1 is 1.28 bits per heavy atom. The van der Waals surface area contributed by atoms with Crippen molar-refractivity contribution in [1.29, 1.82) is 0 Å². The van der Waals surface area contributed by atoms with Gasteiger partial charge < -0.3 is 15.3 Å². The number of aliphatic hydroxyl groups excluding tert-OH is 1. The van der Waals surface area contributed by atoms with Crippen molar-refractivity contribution in [2.24, 2.45) is 11.8 Å². The zero-order chi connectivity index (χ0) is 13.4. The molecule has 1 fully saturated rings. The Kier molecular flexibility index (Phi) is 7.87. The summed E-state index contributed by atoms with van der Waals surface area (Å²) in [6.07, 6.45) is 4.86. The molecule has 2 unspecified atom stereocenters. The lowest BCUT2D eigenvalue weighted by molar-refractivity contribution is 0.160. The van der Waals surface area contributed by atoms with Crippen molar-refractivity contribution in [3.05, 3.63) is 0 Å². The smallest absolute Gasteiger partial charge is 0.0434 e. The maximum atomic E-state index is 8.90. The highest BCUT2D eigenvalue weighted by molar-refractivity contribution is 4.79. The number of aliphatic hydroxyl groups is 1. The van der Waals surface area contributed by atoms with Crippen LogP contribution in [-0.4, -0.2) is 48.8 Å². The van der Waals surface area contributed by atoms with Gasteiger partial charge >= 0.3 is 0 Å². The van der Waals surface area contributed by atoms with Crippen LogP contribution in [0.4, 0.5) is 0 Å². The summed E-state index contributed by atoms with van der Waals surface area (Å²) in [5.74, 6) is 1.41. The van der Waals surface area contributed by atoms with Crippen molar-refractivity contribution in [2.75, 3.05) is 32.8 Å². The first-order valence-corrected chi connectivity index (χ1v) is 7.74. The summed E-state index contributed by atoms with van der Waals surface area (Å²) in [7, 11) is 0. The third-order valence-corrected chi connectivity index (χ3v) is 4.29. The van der Waals surface area contributed by atoms with Crippen molar-refractivity contribution < 1.29 is 5.11 Å². The zero-order valence-corrected chi connectivity index (χ0v) is 12.5. The first-order chi connectivity index (χ1) is 8.67. The summed E-state index contributed by atoms with van der Waals surface area (Å²) in [4.78, 5) is 2.59. The molecule has 1 aliphatic heterocycles. The van der Waals surface area contributed by atoms with Crippen molar-refractivity contribution in [1.82, 2.24) is 10.2 Å². The van der Waals surface area contributed by atoms with Crippen LogP contribution in [0.25, 0.3) is 0 Å². The predicted molar refractivity (Wildman–Crippen MR) is 77.8 cm³/mol. The number of hydrogen-bond donors (Lipinski definition) is 2. The highest BCUT2D eigenvalue weighted by Gasteiger charge is 2.23. The third kappa shape index (κ3) is 5.68. The second-order valence-corrected chi connectivity index (χ2v) is 5.99. The predicted octanol–water partition coefficient (Wildman–Crippen LogP) is 2.10. The van der Waals surface area contributed by atoms with Crippen molar-refractivity contribution in [3.63, 3.8) is 0 Å². The number of likely N-dealkylation sites (tertiary alicyclic amines) is 1. The van der Waals surface area contributed by atoms with Gasteiger partial charge in [0.15, 0.2) is 0 Å². The maximum Gasteiger partial charge on any atom is 0.0434 e. The summed E-state index contributed by atoms with van der Waals surface area (Å²) < 4.78 is 0. The van der Waals surface area contributed by atoms with Crippen LogP contribution < -0.4 is 5.32 Å². The average Bonchev–Trinajstić information content (AvgIpc) is 2.37. The molecule has 0 aliphatic carbocycles. The zero-order valence-electron chi connectivity index (χ0n) is 12.5. The second kappa shape index (κ2) is 8.89. The van der Waals surface area contributed by atoms with E-state index in [0.29, 0.717) is 18.6 Å². The Bertz CT molecular complexity index is 203. The molecular formula is C15H32N2O. The molecule has 2 N–H and O–H groups in total. The molecule has 0 aromatic rings. The van der Waals surface area contributed by atoms with E-state index in [9.17, 15) is 0 Å². The summed E-state index contributed by atoms with van der Waals surface area (Å²) >= 11 is 0. The van der Waals surface area contributed by atoms with Gasteiger partial charge in [-0.05, 0) is 70.6 Å². The summed E-state index contributed by atoms with van der Waals surface area (Å²) in [6.45, 7) is 12.0. The fourth-order valence-electron chi connectivity index (χ4n) is 2.87. The molecule has 1 saturated heterocycles. The van der Waals surface area contributed by atoms with Crippen LogP contribution in [-0.2, 0) is 0 Å². The molecule has 0 radical (unpaired) electrons. The highest BCUT2D eigenvalue weighted by atomic mass is 16.3. The quantitative estimate of drug-likeness (QED) is 0.698. The molecule has 18 heavy (non-hydrogen) atoms. The summed E-state index contributed by atoms with van der Waals surface area (Å²) in [5, 5.41) is 12.6. The fraction of sp³-hybridized carbons (Fsp3) is 1.00. The Labute approximate surface area is 113 Å². The van der Waals surface area contributed by atoms with Crippen LogP contribution in [0.1, 0.15) is 46.5 Å². The minimum Gasteiger partial charge on any atom is -0.396 e. The minimum absolute atomic E-state index is 0.312. The van der Waals surface area contributed by atoms with E-state index in [1.165, 1.54) is 38.9 Å². The molecule has 3 nitrogen and oxygen atoms in total. The molecule has 0 aromatic carbocycles. The van der Waals surface area contributed by atoms with E-state index in [0.717, 1.165) is 18.9 Å². The normalized spacial score (nSPS) is 22.0. The van der Waals surface area contributed by atoms with Crippen LogP contribution in [0.15, 0.2) is 0 Å². The average molecular weight is 256 g/mol. The summed E-state index contributed by atoms with van der Waals surface area (Å²) in [5.41, 5.74) is 0. The van der Waals surface area contributed by atoms with Crippen LogP contribution in [0.5, 0.6) is 0 Å². The molecule has 0 amide bonds. The second-order valence-electron chi connectivity index (χ2n) is 5.99. The Hall–Kier alpha value is -0.120. The highest BCUT2D eigenvalue weighted by Crippen LogP contribution is 2.20. The maximum absolute atomic E-state index is 8.90. The SMILES string of the molecule is CCCN1CCC(C(C)NCC(C)CCO)CC1. The van der Waals surface area contributed by atoms with Crippen molar-refractivity contribution >= 4 is 0 Å². The number of rotatable bonds is 8. The molecule has 1 heterocycles. The number of hydrogen-bond acceptors (Lipinski definition) is 3. The molecule has 2 atom stereocenters. The van der Waals surface area contributed by atoms with Crippen LogP contribution >= 0.6 is 0 Å². The molecule has 108 valence electrons. The van der Waals surface area contributed by atoms with Gasteiger partial charge in [-0.2, -0.15) is 0 Å². The van der Waals surface area contributed by atoms with Crippen molar-refractivity contribution in [3.8, 4) is 0 Å². The van der Waals surface area contributed by atoms with Gasteiger partial charge in [0, 0.05) is 12.6 Å².